The van der Waals surface area contributed by atoms with Crippen LogP contribution in [0.1, 0.15) is 52.4 Å². The molecule has 1 aromatic carbocycles. The molecule has 26 heavy (non-hydrogen) atoms. The molecule has 0 atom stereocenters. The quantitative estimate of drug-likeness (QED) is 0.845. The number of ether oxygens (including phenoxy) is 2. The van der Waals surface area contributed by atoms with Crippen LogP contribution >= 0.6 is 0 Å². The summed E-state index contributed by atoms with van der Waals surface area (Å²) in [5, 5.41) is 5.90. The smallest absolute Gasteiger partial charge is 0.231 e. The summed E-state index contributed by atoms with van der Waals surface area (Å²) in [6, 6.07) is 5.52. The lowest BCUT2D eigenvalue weighted by atomic mass is 9.81. The Kier molecular flexibility index (Phi) is 5.69. The molecule has 0 aromatic heterocycles. The highest BCUT2D eigenvalue weighted by Crippen LogP contribution is 2.42. The molecular weight excluding hydrogens is 332 g/mol. The third-order valence-corrected chi connectivity index (χ3v) is 5.00. The molecule has 0 unspecified atom stereocenters. The molecule has 142 valence electrons. The van der Waals surface area contributed by atoms with Crippen LogP contribution in [0.15, 0.2) is 18.2 Å². The van der Waals surface area contributed by atoms with E-state index in [0.717, 1.165) is 32.1 Å². The van der Waals surface area contributed by atoms with Crippen molar-refractivity contribution < 1.29 is 19.1 Å². The van der Waals surface area contributed by atoms with E-state index in [4.69, 9.17) is 9.47 Å². The average Bonchev–Trinajstić information content (AvgIpc) is 2.93. The molecule has 1 aliphatic heterocycles. The number of fused-ring (bicyclic) bond motifs is 1. The molecule has 2 aliphatic rings. The number of nitrogens with one attached hydrogen (secondary N) is 2. The highest BCUT2D eigenvalue weighted by molar-refractivity contribution is 5.98. The van der Waals surface area contributed by atoms with Crippen LogP contribution in [-0.4, -0.2) is 31.1 Å². The largest absolute Gasteiger partial charge is 0.490 e. The van der Waals surface area contributed by atoms with Gasteiger partial charge in [0.1, 0.15) is 0 Å². The maximum absolute atomic E-state index is 13.0. The van der Waals surface area contributed by atoms with Crippen LogP contribution in [0.5, 0.6) is 11.5 Å². The predicted octanol–water partition coefficient (Wildman–Crippen LogP) is 3.26. The Labute approximate surface area is 154 Å². The van der Waals surface area contributed by atoms with Gasteiger partial charge in [-0.15, -0.1) is 0 Å². The zero-order chi connectivity index (χ0) is 18.6. The van der Waals surface area contributed by atoms with Gasteiger partial charge in [0.15, 0.2) is 11.5 Å². The molecule has 0 spiro atoms. The van der Waals surface area contributed by atoms with Gasteiger partial charge < -0.3 is 20.1 Å². The number of amides is 2. The van der Waals surface area contributed by atoms with E-state index in [9.17, 15) is 9.59 Å². The van der Waals surface area contributed by atoms with E-state index >= 15 is 0 Å². The minimum Gasteiger partial charge on any atom is -0.490 e. The Balaban J connectivity index is 1.72. The Morgan fingerprint density at radius 3 is 2.46 bits per heavy atom. The van der Waals surface area contributed by atoms with Crippen molar-refractivity contribution in [1.82, 2.24) is 5.32 Å². The minimum atomic E-state index is -0.622. The van der Waals surface area contributed by atoms with Crippen molar-refractivity contribution in [2.75, 3.05) is 18.5 Å². The maximum Gasteiger partial charge on any atom is 0.231 e. The second-order valence-electron chi connectivity index (χ2n) is 7.55. The van der Waals surface area contributed by atoms with Crippen molar-refractivity contribution in [1.29, 1.82) is 0 Å². The Morgan fingerprint density at radius 2 is 1.77 bits per heavy atom. The van der Waals surface area contributed by atoms with Crippen molar-refractivity contribution in [2.45, 2.75) is 58.4 Å². The second kappa shape index (κ2) is 7.98. The topological polar surface area (TPSA) is 76.7 Å². The molecule has 6 heteroatoms. The van der Waals surface area contributed by atoms with E-state index in [1.807, 2.05) is 26.0 Å². The molecular formula is C20H28N2O4. The van der Waals surface area contributed by atoms with Gasteiger partial charge in [-0.05, 0) is 38.8 Å². The number of anilines is 1. The molecule has 0 saturated heterocycles. The normalized spacial score (nSPS) is 18.3. The molecule has 1 fully saturated rings. The van der Waals surface area contributed by atoms with Crippen molar-refractivity contribution in [2.24, 2.45) is 5.41 Å². The van der Waals surface area contributed by atoms with Gasteiger partial charge in [-0.25, -0.2) is 0 Å². The molecule has 1 aromatic rings. The van der Waals surface area contributed by atoms with Gasteiger partial charge in [0, 0.05) is 30.6 Å². The molecule has 1 heterocycles. The lowest BCUT2D eigenvalue weighted by Crippen LogP contribution is -2.40. The van der Waals surface area contributed by atoms with Crippen molar-refractivity contribution in [3.05, 3.63) is 18.2 Å². The SMILES string of the molecule is CC(C)NC(=O)CC1(C(=O)Nc2ccc3c(c2)OCCCO3)CCCC1. The molecule has 0 bridgehead atoms. The maximum atomic E-state index is 13.0. The van der Waals surface area contributed by atoms with E-state index in [-0.39, 0.29) is 24.3 Å². The van der Waals surface area contributed by atoms with E-state index in [1.165, 1.54) is 0 Å². The summed E-state index contributed by atoms with van der Waals surface area (Å²) in [5.74, 6) is 1.21. The van der Waals surface area contributed by atoms with E-state index < -0.39 is 5.41 Å². The minimum absolute atomic E-state index is 0.0595. The molecule has 1 aliphatic carbocycles. The summed E-state index contributed by atoms with van der Waals surface area (Å²) in [4.78, 5) is 25.3. The average molecular weight is 360 g/mol. The number of benzene rings is 1. The van der Waals surface area contributed by atoms with E-state index in [2.05, 4.69) is 10.6 Å². The van der Waals surface area contributed by atoms with Gasteiger partial charge in [-0.2, -0.15) is 0 Å². The highest BCUT2D eigenvalue weighted by atomic mass is 16.5. The summed E-state index contributed by atoms with van der Waals surface area (Å²) in [6.07, 6.45) is 4.52. The van der Waals surface area contributed by atoms with Gasteiger partial charge in [0.25, 0.3) is 0 Å². The van der Waals surface area contributed by atoms with Gasteiger partial charge in [0.05, 0.1) is 18.6 Å². The van der Waals surface area contributed by atoms with Gasteiger partial charge in [0.2, 0.25) is 11.8 Å². The number of hydrogen-bond donors (Lipinski definition) is 2. The summed E-state index contributed by atoms with van der Waals surface area (Å²) in [6.45, 7) is 5.09. The summed E-state index contributed by atoms with van der Waals surface area (Å²) < 4.78 is 11.3. The van der Waals surface area contributed by atoms with Gasteiger partial charge >= 0.3 is 0 Å². The van der Waals surface area contributed by atoms with E-state index in [1.54, 1.807) is 6.07 Å². The number of hydrogen-bond acceptors (Lipinski definition) is 4. The van der Waals surface area contributed by atoms with Gasteiger partial charge in [-0.1, -0.05) is 12.8 Å². The van der Waals surface area contributed by atoms with Crippen LogP contribution in [0.2, 0.25) is 0 Å². The fraction of sp³-hybridized carbons (Fsp3) is 0.600. The summed E-state index contributed by atoms with van der Waals surface area (Å²) in [7, 11) is 0. The van der Waals surface area contributed by atoms with Crippen LogP contribution in [-0.2, 0) is 9.59 Å². The lowest BCUT2D eigenvalue weighted by Gasteiger charge is -2.27. The van der Waals surface area contributed by atoms with Crippen LogP contribution in [0.4, 0.5) is 5.69 Å². The van der Waals surface area contributed by atoms with E-state index in [0.29, 0.717) is 30.4 Å². The Bertz CT molecular complexity index is 666. The molecule has 2 N–H and O–H groups in total. The number of rotatable bonds is 5. The van der Waals surface area contributed by atoms with Crippen molar-refractivity contribution in [3.8, 4) is 11.5 Å². The fourth-order valence-electron chi connectivity index (χ4n) is 3.72. The highest BCUT2D eigenvalue weighted by Gasteiger charge is 2.43. The first-order chi connectivity index (χ1) is 12.5. The van der Waals surface area contributed by atoms with Crippen LogP contribution in [0, 0.1) is 5.41 Å². The summed E-state index contributed by atoms with van der Waals surface area (Å²) in [5.41, 5.74) is 0.0538. The first-order valence-corrected chi connectivity index (χ1v) is 9.49. The molecule has 1 saturated carbocycles. The predicted molar refractivity (Wildman–Crippen MR) is 99.5 cm³/mol. The Hall–Kier alpha value is -2.24. The van der Waals surface area contributed by atoms with Crippen LogP contribution in [0.25, 0.3) is 0 Å². The fourth-order valence-corrected chi connectivity index (χ4v) is 3.72. The standard InChI is InChI=1S/C20H28N2O4/c1-14(2)21-18(23)13-20(8-3-4-9-20)19(24)22-15-6-7-16-17(12-15)26-11-5-10-25-16/h6-7,12,14H,3-5,8-11,13H2,1-2H3,(H,21,23)(H,22,24). The second-order valence-corrected chi connectivity index (χ2v) is 7.55. The number of carbonyl (C=O) groups excluding carboxylic acids is 2. The van der Waals surface area contributed by atoms with Crippen molar-refractivity contribution in [3.63, 3.8) is 0 Å². The molecule has 0 radical (unpaired) electrons. The molecule has 6 nitrogen and oxygen atoms in total. The first-order valence-electron chi connectivity index (χ1n) is 9.49. The third-order valence-electron chi connectivity index (χ3n) is 5.00. The summed E-state index contributed by atoms with van der Waals surface area (Å²) >= 11 is 0. The Morgan fingerprint density at radius 1 is 1.08 bits per heavy atom. The van der Waals surface area contributed by atoms with Crippen molar-refractivity contribution >= 4 is 17.5 Å². The van der Waals surface area contributed by atoms with Crippen LogP contribution < -0.4 is 20.1 Å². The lowest BCUT2D eigenvalue weighted by molar-refractivity contribution is -0.132. The van der Waals surface area contributed by atoms with Gasteiger partial charge in [-0.3, -0.25) is 9.59 Å². The monoisotopic (exact) mass is 360 g/mol. The zero-order valence-corrected chi connectivity index (χ0v) is 15.6. The van der Waals surface area contributed by atoms with Crippen LogP contribution in [0.3, 0.4) is 0 Å². The first kappa shape index (κ1) is 18.5. The zero-order valence-electron chi connectivity index (χ0n) is 15.6. The molecule has 2 amide bonds. The number of carbonyl (C=O) groups is 2. The third kappa shape index (κ3) is 4.29. The molecule has 3 rings (SSSR count).